The maximum absolute atomic E-state index is 12.0. The predicted molar refractivity (Wildman–Crippen MR) is 86.4 cm³/mol. The number of sulfonamides is 1. The lowest BCUT2D eigenvalue weighted by atomic mass is 10.2. The fraction of sp³-hybridized carbons (Fsp3) is 0.133. The van der Waals surface area contributed by atoms with Gasteiger partial charge in [-0.15, -0.1) is 0 Å². The van der Waals surface area contributed by atoms with Crippen molar-refractivity contribution in [2.75, 3.05) is 11.9 Å². The standard InChI is InChI=1S/C15H15ClN2O3S/c1-11-9-12(16)7-8-14(11)18-15(19)10-17-22(20,21)13-5-3-2-4-6-13/h2-9,17H,10H2,1H3,(H,18,19). The van der Waals surface area contributed by atoms with Gasteiger partial charge in [-0.25, -0.2) is 13.1 Å². The average Bonchev–Trinajstić information content (AvgIpc) is 2.49. The molecule has 0 heterocycles. The molecule has 0 radical (unpaired) electrons. The molecule has 0 aliphatic rings. The van der Waals surface area contributed by atoms with E-state index in [-0.39, 0.29) is 11.4 Å². The summed E-state index contributed by atoms with van der Waals surface area (Å²) in [7, 11) is -3.70. The quantitative estimate of drug-likeness (QED) is 0.879. The molecule has 0 aromatic heterocycles. The van der Waals surface area contributed by atoms with Gasteiger partial charge in [-0.3, -0.25) is 4.79 Å². The first-order valence-electron chi connectivity index (χ1n) is 6.49. The van der Waals surface area contributed by atoms with Gasteiger partial charge in [-0.05, 0) is 42.8 Å². The molecule has 22 heavy (non-hydrogen) atoms. The zero-order valence-electron chi connectivity index (χ0n) is 11.8. The molecule has 2 N–H and O–H groups in total. The van der Waals surface area contributed by atoms with Gasteiger partial charge in [0, 0.05) is 10.7 Å². The number of nitrogens with one attached hydrogen (secondary N) is 2. The van der Waals surface area contributed by atoms with Crippen molar-refractivity contribution >= 4 is 33.2 Å². The van der Waals surface area contributed by atoms with Crippen LogP contribution in [0.3, 0.4) is 0 Å². The highest BCUT2D eigenvalue weighted by Crippen LogP contribution is 2.19. The highest BCUT2D eigenvalue weighted by atomic mass is 35.5. The average molecular weight is 339 g/mol. The van der Waals surface area contributed by atoms with Gasteiger partial charge < -0.3 is 5.32 Å². The van der Waals surface area contributed by atoms with Crippen molar-refractivity contribution < 1.29 is 13.2 Å². The topological polar surface area (TPSA) is 75.3 Å². The van der Waals surface area contributed by atoms with Crippen LogP contribution in [0.2, 0.25) is 5.02 Å². The summed E-state index contributed by atoms with van der Waals surface area (Å²) in [6.07, 6.45) is 0. The molecule has 2 aromatic carbocycles. The van der Waals surface area contributed by atoms with Crippen LogP contribution in [-0.2, 0) is 14.8 Å². The van der Waals surface area contributed by atoms with Gasteiger partial charge >= 0.3 is 0 Å². The fourth-order valence-corrected chi connectivity index (χ4v) is 3.04. The normalized spacial score (nSPS) is 11.2. The van der Waals surface area contributed by atoms with E-state index >= 15 is 0 Å². The first-order valence-corrected chi connectivity index (χ1v) is 8.35. The Bertz CT molecular complexity index is 777. The zero-order valence-corrected chi connectivity index (χ0v) is 13.4. The molecule has 116 valence electrons. The Morgan fingerprint density at radius 2 is 1.82 bits per heavy atom. The molecule has 0 saturated carbocycles. The van der Waals surface area contributed by atoms with Crippen molar-refractivity contribution in [2.45, 2.75) is 11.8 Å². The van der Waals surface area contributed by atoms with E-state index in [9.17, 15) is 13.2 Å². The molecule has 0 bridgehead atoms. The van der Waals surface area contributed by atoms with Crippen molar-refractivity contribution in [3.63, 3.8) is 0 Å². The molecular formula is C15H15ClN2O3S. The molecular weight excluding hydrogens is 324 g/mol. The second-order valence-electron chi connectivity index (χ2n) is 4.65. The molecule has 0 saturated heterocycles. The second-order valence-corrected chi connectivity index (χ2v) is 6.85. The van der Waals surface area contributed by atoms with Crippen molar-refractivity contribution in [1.82, 2.24) is 4.72 Å². The summed E-state index contributed by atoms with van der Waals surface area (Å²) in [5, 5.41) is 3.21. The van der Waals surface area contributed by atoms with Gasteiger partial charge in [-0.1, -0.05) is 29.8 Å². The van der Waals surface area contributed by atoms with Crippen molar-refractivity contribution in [3.05, 3.63) is 59.1 Å². The van der Waals surface area contributed by atoms with Crippen molar-refractivity contribution in [3.8, 4) is 0 Å². The number of carbonyl (C=O) groups is 1. The van der Waals surface area contributed by atoms with Crippen LogP contribution in [0.1, 0.15) is 5.56 Å². The van der Waals surface area contributed by atoms with E-state index in [4.69, 9.17) is 11.6 Å². The maximum Gasteiger partial charge on any atom is 0.241 e. The molecule has 0 unspecified atom stereocenters. The summed E-state index contributed by atoms with van der Waals surface area (Å²) in [5.74, 6) is -0.454. The summed E-state index contributed by atoms with van der Waals surface area (Å²) in [5.41, 5.74) is 1.39. The summed E-state index contributed by atoms with van der Waals surface area (Å²) >= 11 is 5.84. The molecule has 0 aliphatic carbocycles. The number of halogens is 1. The Kier molecular flexibility index (Phi) is 5.18. The Morgan fingerprint density at radius 1 is 1.14 bits per heavy atom. The van der Waals surface area contributed by atoms with Crippen molar-refractivity contribution in [2.24, 2.45) is 0 Å². The van der Waals surface area contributed by atoms with Crippen LogP contribution in [0, 0.1) is 6.92 Å². The number of benzene rings is 2. The van der Waals surface area contributed by atoms with Crippen LogP contribution in [0.25, 0.3) is 0 Å². The lowest BCUT2D eigenvalue weighted by Gasteiger charge is -2.10. The second kappa shape index (κ2) is 6.91. The Morgan fingerprint density at radius 3 is 2.45 bits per heavy atom. The highest BCUT2D eigenvalue weighted by Gasteiger charge is 2.15. The molecule has 1 amide bonds. The van der Waals surface area contributed by atoms with E-state index < -0.39 is 15.9 Å². The molecule has 2 rings (SSSR count). The van der Waals surface area contributed by atoms with E-state index in [0.29, 0.717) is 10.7 Å². The minimum atomic E-state index is -3.70. The molecule has 0 aliphatic heterocycles. The molecule has 0 fully saturated rings. The van der Waals surface area contributed by atoms with Gasteiger partial charge in [0.15, 0.2) is 0 Å². The van der Waals surface area contributed by atoms with Crippen LogP contribution >= 0.6 is 11.6 Å². The number of amides is 1. The predicted octanol–water partition coefficient (Wildman–Crippen LogP) is 2.57. The number of aryl methyl sites for hydroxylation is 1. The largest absolute Gasteiger partial charge is 0.325 e. The van der Waals surface area contributed by atoms with Gasteiger partial charge in [0.1, 0.15) is 0 Å². The van der Waals surface area contributed by atoms with Crippen LogP contribution in [0.4, 0.5) is 5.69 Å². The lowest BCUT2D eigenvalue weighted by Crippen LogP contribution is -2.33. The Hall–Kier alpha value is -1.89. The first-order chi connectivity index (χ1) is 10.4. The molecule has 0 spiro atoms. The molecule has 0 atom stereocenters. The number of carbonyl (C=O) groups excluding carboxylic acids is 1. The number of anilines is 1. The van der Waals surface area contributed by atoms with Crippen LogP contribution < -0.4 is 10.0 Å². The minimum absolute atomic E-state index is 0.116. The van der Waals surface area contributed by atoms with Gasteiger partial charge in [0.25, 0.3) is 0 Å². The minimum Gasteiger partial charge on any atom is -0.325 e. The van der Waals surface area contributed by atoms with E-state index in [1.165, 1.54) is 12.1 Å². The van der Waals surface area contributed by atoms with E-state index in [2.05, 4.69) is 10.0 Å². The van der Waals surface area contributed by atoms with Crippen LogP contribution in [0.15, 0.2) is 53.4 Å². The number of rotatable bonds is 5. The van der Waals surface area contributed by atoms with Gasteiger partial charge in [0.05, 0.1) is 11.4 Å². The van der Waals surface area contributed by atoms with Crippen molar-refractivity contribution in [1.29, 1.82) is 0 Å². The summed E-state index contributed by atoms with van der Waals surface area (Å²) < 4.78 is 26.2. The number of hydrogen-bond donors (Lipinski definition) is 2. The summed E-state index contributed by atoms with van der Waals surface area (Å²) in [6, 6.07) is 12.9. The third kappa shape index (κ3) is 4.30. The zero-order chi connectivity index (χ0) is 16.2. The van der Waals surface area contributed by atoms with Gasteiger partial charge in [-0.2, -0.15) is 0 Å². The van der Waals surface area contributed by atoms with E-state index in [0.717, 1.165) is 5.56 Å². The smallest absolute Gasteiger partial charge is 0.241 e. The van der Waals surface area contributed by atoms with E-state index in [1.54, 1.807) is 43.3 Å². The third-order valence-electron chi connectivity index (χ3n) is 2.94. The van der Waals surface area contributed by atoms with Gasteiger partial charge in [0.2, 0.25) is 15.9 Å². The maximum atomic E-state index is 12.0. The molecule has 2 aromatic rings. The first kappa shape index (κ1) is 16.5. The Labute approximate surface area is 134 Å². The third-order valence-corrected chi connectivity index (χ3v) is 4.59. The lowest BCUT2D eigenvalue weighted by molar-refractivity contribution is -0.115. The van der Waals surface area contributed by atoms with Crippen LogP contribution in [-0.4, -0.2) is 20.9 Å². The number of hydrogen-bond acceptors (Lipinski definition) is 3. The van der Waals surface area contributed by atoms with Crippen LogP contribution in [0.5, 0.6) is 0 Å². The fourth-order valence-electron chi connectivity index (χ4n) is 1.81. The monoisotopic (exact) mass is 338 g/mol. The SMILES string of the molecule is Cc1cc(Cl)ccc1NC(=O)CNS(=O)(=O)c1ccccc1. The summed E-state index contributed by atoms with van der Waals surface area (Å²) in [4.78, 5) is 12.0. The Balaban J connectivity index is 1.98. The summed E-state index contributed by atoms with van der Waals surface area (Å²) in [6.45, 7) is 1.45. The highest BCUT2D eigenvalue weighted by molar-refractivity contribution is 7.89. The molecule has 5 nitrogen and oxygen atoms in total. The molecule has 7 heteroatoms. The van der Waals surface area contributed by atoms with E-state index in [1.807, 2.05) is 0 Å².